The van der Waals surface area contributed by atoms with Crippen molar-refractivity contribution in [3.05, 3.63) is 85.1 Å². The smallest absolute Gasteiger partial charge is 0.306 e. The van der Waals surface area contributed by atoms with Gasteiger partial charge in [0, 0.05) is 12.8 Å². The van der Waals surface area contributed by atoms with Gasteiger partial charge in [-0.05, 0) is 70.6 Å². The van der Waals surface area contributed by atoms with E-state index >= 15 is 0 Å². The third kappa shape index (κ3) is 51.6. The summed E-state index contributed by atoms with van der Waals surface area (Å²) in [6, 6.07) is 0. The van der Waals surface area contributed by atoms with E-state index in [9.17, 15) is 14.7 Å². The van der Waals surface area contributed by atoms with Gasteiger partial charge in [-0.3, -0.25) is 9.59 Å². The first-order valence-electron chi connectivity index (χ1n) is 26.6. The normalized spacial score (nSPS) is 12.9. The zero-order chi connectivity index (χ0) is 45.6. The van der Waals surface area contributed by atoms with E-state index in [1.165, 1.54) is 141 Å². The predicted octanol–water partition coefficient (Wildman–Crippen LogP) is 17.8. The first-order chi connectivity index (χ1) is 31.1. The minimum atomic E-state index is -0.770. The van der Waals surface area contributed by atoms with Gasteiger partial charge in [0.2, 0.25) is 0 Å². The van der Waals surface area contributed by atoms with Crippen LogP contribution in [-0.4, -0.2) is 36.4 Å². The zero-order valence-corrected chi connectivity index (χ0v) is 41.3. The SMILES string of the molecule is CC/C=C\C/C=C\C/C=C\C/C=C\C/C=C\C/C=C\C/C=C\CCCCCCCCCCCCCCCCCCCC(=O)OC(CO)COC(=O)CCCCCCCCCCCC. The monoisotopic (exact) mass is 877 g/mol. The summed E-state index contributed by atoms with van der Waals surface area (Å²) in [6.07, 6.45) is 74.2. The Labute approximate surface area is 390 Å². The largest absolute Gasteiger partial charge is 0.462 e. The lowest BCUT2D eigenvalue weighted by atomic mass is 10.0. The molecule has 0 rings (SSSR count). The fourth-order valence-corrected chi connectivity index (χ4v) is 7.48. The van der Waals surface area contributed by atoms with Gasteiger partial charge >= 0.3 is 11.9 Å². The molecule has 1 atom stereocenters. The second-order valence-electron chi connectivity index (χ2n) is 17.6. The Hall–Kier alpha value is -2.92. The quantitative estimate of drug-likeness (QED) is 0.0374. The molecule has 0 aromatic heterocycles. The highest BCUT2D eigenvalue weighted by Gasteiger charge is 2.16. The van der Waals surface area contributed by atoms with Crippen LogP contribution in [0.25, 0.3) is 0 Å². The van der Waals surface area contributed by atoms with Crippen LogP contribution < -0.4 is 0 Å². The molecule has 0 aliphatic carbocycles. The second kappa shape index (κ2) is 53.4. The number of hydrogen-bond donors (Lipinski definition) is 1. The zero-order valence-electron chi connectivity index (χ0n) is 41.3. The highest BCUT2D eigenvalue weighted by Crippen LogP contribution is 2.16. The molecule has 1 unspecified atom stereocenters. The Morgan fingerprint density at radius 2 is 0.683 bits per heavy atom. The minimum Gasteiger partial charge on any atom is -0.462 e. The molecule has 0 amide bonds. The molecule has 362 valence electrons. The first-order valence-corrected chi connectivity index (χ1v) is 26.6. The van der Waals surface area contributed by atoms with Crippen molar-refractivity contribution in [2.45, 2.75) is 258 Å². The Kier molecular flexibility index (Phi) is 50.9. The second-order valence-corrected chi connectivity index (χ2v) is 17.6. The molecule has 0 aromatic carbocycles. The van der Waals surface area contributed by atoms with Gasteiger partial charge in [-0.15, -0.1) is 0 Å². The maximum Gasteiger partial charge on any atom is 0.306 e. The molecule has 0 aliphatic heterocycles. The summed E-state index contributed by atoms with van der Waals surface area (Å²) in [7, 11) is 0. The van der Waals surface area contributed by atoms with Gasteiger partial charge in [-0.1, -0.05) is 253 Å². The maximum atomic E-state index is 12.2. The Morgan fingerprint density at radius 1 is 0.381 bits per heavy atom. The van der Waals surface area contributed by atoms with Gasteiger partial charge in [-0.25, -0.2) is 0 Å². The van der Waals surface area contributed by atoms with Gasteiger partial charge in [0.05, 0.1) is 6.61 Å². The molecule has 1 N–H and O–H groups in total. The van der Waals surface area contributed by atoms with E-state index in [0.717, 1.165) is 83.5 Å². The number of hydrogen-bond acceptors (Lipinski definition) is 5. The number of aliphatic hydroxyl groups excluding tert-OH is 1. The summed E-state index contributed by atoms with van der Waals surface area (Å²) >= 11 is 0. The average Bonchev–Trinajstić information content (AvgIpc) is 3.29. The summed E-state index contributed by atoms with van der Waals surface area (Å²) in [5, 5.41) is 9.59. The molecule has 5 heteroatoms. The molecule has 0 saturated heterocycles. The average molecular weight is 877 g/mol. The molecule has 0 heterocycles. The van der Waals surface area contributed by atoms with Crippen molar-refractivity contribution in [3.8, 4) is 0 Å². The Balaban J connectivity index is 3.46. The number of unbranched alkanes of at least 4 members (excludes halogenated alkanes) is 26. The van der Waals surface area contributed by atoms with E-state index in [1.54, 1.807) is 0 Å². The van der Waals surface area contributed by atoms with Gasteiger partial charge in [0.15, 0.2) is 6.10 Å². The Bertz CT molecular complexity index is 1170. The van der Waals surface area contributed by atoms with Crippen molar-refractivity contribution in [2.24, 2.45) is 0 Å². The molecule has 0 aromatic rings. The van der Waals surface area contributed by atoms with Crippen molar-refractivity contribution in [1.82, 2.24) is 0 Å². The number of carbonyl (C=O) groups is 2. The van der Waals surface area contributed by atoms with E-state index in [1.807, 2.05) is 0 Å². The van der Waals surface area contributed by atoms with Crippen molar-refractivity contribution in [2.75, 3.05) is 13.2 Å². The van der Waals surface area contributed by atoms with Crippen molar-refractivity contribution in [1.29, 1.82) is 0 Å². The summed E-state index contributed by atoms with van der Waals surface area (Å²) in [4.78, 5) is 24.3. The summed E-state index contributed by atoms with van der Waals surface area (Å²) < 4.78 is 10.6. The van der Waals surface area contributed by atoms with Crippen molar-refractivity contribution in [3.63, 3.8) is 0 Å². The van der Waals surface area contributed by atoms with Crippen LogP contribution >= 0.6 is 0 Å². The molecule has 0 bridgehead atoms. The molecule has 0 fully saturated rings. The van der Waals surface area contributed by atoms with Crippen LogP contribution in [0.5, 0.6) is 0 Å². The standard InChI is InChI=1S/C58H100O5/c1-3-5-7-9-11-13-15-16-17-18-19-20-21-22-23-24-25-26-27-28-29-30-31-32-33-34-35-36-37-38-39-40-41-42-43-45-47-49-51-53-58(61)63-56(54-59)55-62-57(60)52-50-48-46-44-14-12-10-8-6-4-2/h5,7,11,13,16-17,19-20,22-23,25-26,28-29,56,59H,3-4,6,8-10,12,14-15,18,21,24,27,30-55H2,1-2H3/b7-5-,13-11-,17-16-,20-19-,23-22-,26-25-,29-28-. The molecule has 0 radical (unpaired) electrons. The van der Waals surface area contributed by atoms with Crippen LogP contribution in [0.1, 0.15) is 251 Å². The summed E-state index contributed by atoms with van der Waals surface area (Å²) in [6.45, 7) is 4.02. The topological polar surface area (TPSA) is 72.8 Å². The Morgan fingerprint density at radius 3 is 1.03 bits per heavy atom. The lowest BCUT2D eigenvalue weighted by molar-refractivity contribution is -0.161. The summed E-state index contributed by atoms with van der Waals surface area (Å²) in [5.74, 6) is -0.586. The molecule has 0 spiro atoms. The van der Waals surface area contributed by atoms with Crippen LogP contribution in [0, 0.1) is 0 Å². The van der Waals surface area contributed by atoms with Gasteiger partial charge < -0.3 is 14.6 Å². The third-order valence-electron chi connectivity index (χ3n) is 11.5. The van der Waals surface area contributed by atoms with Crippen LogP contribution in [0.3, 0.4) is 0 Å². The highest BCUT2D eigenvalue weighted by molar-refractivity contribution is 5.70. The van der Waals surface area contributed by atoms with Crippen LogP contribution in [0.4, 0.5) is 0 Å². The van der Waals surface area contributed by atoms with E-state index < -0.39 is 6.10 Å². The maximum absolute atomic E-state index is 12.2. The van der Waals surface area contributed by atoms with Crippen LogP contribution in [0.2, 0.25) is 0 Å². The lowest BCUT2D eigenvalue weighted by Gasteiger charge is -2.15. The predicted molar refractivity (Wildman–Crippen MR) is 274 cm³/mol. The number of aliphatic hydroxyl groups is 1. The number of carbonyl (C=O) groups excluding carboxylic acids is 2. The van der Waals surface area contributed by atoms with E-state index in [-0.39, 0.29) is 25.2 Å². The lowest BCUT2D eigenvalue weighted by Crippen LogP contribution is -2.28. The number of ether oxygens (including phenoxy) is 2. The van der Waals surface area contributed by atoms with Gasteiger partial charge in [0.25, 0.3) is 0 Å². The number of allylic oxidation sites excluding steroid dienone is 14. The van der Waals surface area contributed by atoms with E-state index in [2.05, 4.69) is 98.9 Å². The molecule has 5 nitrogen and oxygen atoms in total. The molecule has 0 aliphatic rings. The molecular weight excluding hydrogens is 777 g/mol. The summed E-state index contributed by atoms with van der Waals surface area (Å²) in [5.41, 5.74) is 0. The fraction of sp³-hybridized carbons (Fsp3) is 0.724. The highest BCUT2D eigenvalue weighted by atomic mass is 16.6. The molecule has 0 saturated carbocycles. The van der Waals surface area contributed by atoms with Crippen molar-refractivity contribution < 1.29 is 24.2 Å². The minimum absolute atomic E-state index is 0.0639. The number of esters is 2. The van der Waals surface area contributed by atoms with E-state index in [0.29, 0.717) is 12.8 Å². The van der Waals surface area contributed by atoms with Crippen LogP contribution in [0.15, 0.2) is 85.1 Å². The van der Waals surface area contributed by atoms with Crippen molar-refractivity contribution >= 4 is 11.9 Å². The van der Waals surface area contributed by atoms with Crippen LogP contribution in [-0.2, 0) is 19.1 Å². The van der Waals surface area contributed by atoms with Gasteiger partial charge in [-0.2, -0.15) is 0 Å². The number of rotatable bonds is 48. The van der Waals surface area contributed by atoms with Gasteiger partial charge in [0.1, 0.15) is 6.61 Å². The molecular formula is C58H100O5. The van der Waals surface area contributed by atoms with E-state index in [4.69, 9.17) is 9.47 Å². The third-order valence-corrected chi connectivity index (χ3v) is 11.5. The first kappa shape index (κ1) is 60.1. The molecule has 63 heavy (non-hydrogen) atoms. The fourth-order valence-electron chi connectivity index (χ4n) is 7.48.